The van der Waals surface area contributed by atoms with Gasteiger partial charge in [0.25, 0.3) is 11.8 Å². The Hall–Kier alpha value is -3.35. The number of pyridine rings is 1. The molecular weight excluding hydrogens is 368 g/mol. The van der Waals surface area contributed by atoms with Gasteiger partial charge in [-0.25, -0.2) is 4.98 Å². The number of carbonyl (C=O) groups is 2. The Labute approximate surface area is 169 Å². The predicted molar refractivity (Wildman–Crippen MR) is 111 cm³/mol. The van der Waals surface area contributed by atoms with E-state index in [4.69, 9.17) is 4.74 Å². The van der Waals surface area contributed by atoms with Crippen molar-refractivity contribution in [3.05, 3.63) is 60.2 Å². The lowest BCUT2D eigenvalue weighted by atomic mass is 10.1. The van der Waals surface area contributed by atoms with Gasteiger partial charge in [0.1, 0.15) is 5.75 Å². The zero-order valence-corrected chi connectivity index (χ0v) is 16.4. The zero-order valence-electron chi connectivity index (χ0n) is 16.4. The number of hydrogen-bond donors (Lipinski definition) is 1. The van der Waals surface area contributed by atoms with Crippen LogP contribution < -0.4 is 10.1 Å². The van der Waals surface area contributed by atoms with Gasteiger partial charge in [0.2, 0.25) is 5.82 Å². The van der Waals surface area contributed by atoms with Crippen molar-refractivity contribution in [1.82, 2.24) is 14.3 Å². The van der Waals surface area contributed by atoms with Crippen LogP contribution in [0, 0.1) is 0 Å². The molecule has 3 heterocycles. The van der Waals surface area contributed by atoms with Crippen LogP contribution in [0.25, 0.3) is 5.52 Å². The molecule has 0 unspecified atom stereocenters. The van der Waals surface area contributed by atoms with Gasteiger partial charge in [-0.1, -0.05) is 6.07 Å². The Bertz CT molecular complexity index is 1020. The summed E-state index contributed by atoms with van der Waals surface area (Å²) in [5, 5.41) is 2.86. The molecule has 7 nitrogen and oxygen atoms in total. The van der Waals surface area contributed by atoms with Gasteiger partial charge in [-0.15, -0.1) is 0 Å². The SMILES string of the molecule is CCOc1ccc(NC(=O)c2nc(C(=O)N3CCCCC3)n3ccccc23)cc1. The van der Waals surface area contributed by atoms with E-state index < -0.39 is 0 Å². The number of piperidine rings is 1. The minimum absolute atomic E-state index is 0.133. The van der Waals surface area contributed by atoms with Crippen LogP contribution in [0.2, 0.25) is 0 Å². The van der Waals surface area contributed by atoms with Crippen molar-refractivity contribution in [2.45, 2.75) is 26.2 Å². The maximum atomic E-state index is 13.0. The first-order valence-electron chi connectivity index (χ1n) is 9.98. The van der Waals surface area contributed by atoms with Crippen molar-refractivity contribution >= 4 is 23.0 Å². The van der Waals surface area contributed by atoms with Gasteiger partial charge in [0.15, 0.2) is 5.69 Å². The first-order valence-corrected chi connectivity index (χ1v) is 9.98. The Balaban J connectivity index is 1.61. The van der Waals surface area contributed by atoms with Gasteiger partial charge in [-0.2, -0.15) is 0 Å². The molecule has 0 spiro atoms. The number of amides is 2. The number of aromatic nitrogens is 2. The molecule has 1 aliphatic rings. The van der Waals surface area contributed by atoms with E-state index in [1.807, 2.05) is 24.0 Å². The summed E-state index contributed by atoms with van der Waals surface area (Å²) >= 11 is 0. The van der Waals surface area contributed by atoms with Crippen LogP contribution in [0.15, 0.2) is 48.7 Å². The number of likely N-dealkylation sites (tertiary alicyclic amines) is 1. The normalized spacial score (nSPS) is 14.0. The summed E-state index contributed by atoms with van der Waals surface area (Å²) in [5.74, 6) is 0.535. The Morgan fingerprint density at radius 3 is 2.55 bits per heavy atom. The van der Waals surface area contributed by atoms with Gasteiger partial charge in [0, 0.05) is 25.0 Å². The van der Waals surface area contributed by atoms with Crippen LogP contribution in [0.1, 0.15) is 47.3 Å². The van der Waals surface area contributed by atoms with Crippen LogP contribution in [0.5, 0.6) is 5.75 Å². The van der Waals surface area contributed by atoms with Crippen LogP contribution in [-0.2, 0) is 0 Å². The standard InChI is InChI=1S/C22H24N4O3/c1-2-29-17-11-9-16(10-12-17)23-21(27)19-18-8-4-7-15-26(18)20(24-19)22(28)25-13-5-3-6-14-25/h4,7-12,15H,2-3,5-6,13-14H2,1H3,(H,23,27). The molecule has 2 amide bonds. The highest BCUT2D eigenvalue weighted by Crippen LogP contribution is 2.20. The minimum Gasteiger partial charge on any atom is -0.494 e. The highest BCUT2D eigenvalue weighted by Gasteiger charge is 2.26. The molecule has 0 saturated carbocycles. The largest absolute Gasteiger partial charge is 0.494 e. The number of rotatable bonds is 5. The zero-order chi connectivity index (χ0) is 20.2. The van der Waals surface area contributed by atoms with Gasteiger partial charge in [-0.05, 0) is 62.6 Å². The summed E-state index contributed by atoms with van der Waals surface area (Å²) in [4.78, 5) is 32.2. The second kappa shape index (κ2) is 8.34. The molecule has 0 radical (unpaired) electrons. The maximum absolute atomic E-state index is 13.0. The average molecular weight is 392 g/mol. The van der Waals surface area contributed by atoms with E-state index in [2.05, 4.69) is 10.3 Å². The molecule has 0 aliphatic carbocycles. The topological polar surface area (TPSA) is 75.9 Å². The lowest BCUT2D eigenvalue weighted by Crippen LogP contribution is -2.36. The Morgan fingerprint density at radius 2 is 1.83 bits per heavy atom. The molecule has 3 aromatic rings. The maximum Gasteiger partial charge on any atom is 0.290 e. The molecule has 7 heteroatoms. The summed E-state index contributed by atoms with van der Waals surface area (Å²) < 4.78 is 7.12. The van der Waals surface area contributed by atoms with Gasteiger partial charge >= 0.3 is 0 Å². The summed E-state index contributed by atoms with van der Waals surface area (Å²) in [6.07, 6.45) is 4.91. The summed E-state index contributed by atoms with van der Waals surface area (Å²) in [6.45, 7) is 3.96. The molecule has 2 aromatic heterocycles. The quantitative estimate of drug-likeness (QED) is 0.720. The summed E-state index contributed by atoms with van der Waals surface area (Å²) in [7, 11) is 0. The summed E-state index contributed by atoms with van der Waals surface area (Å²) in [6, 6.07) is 12.6. The van der Waals surface area contributed by atoms with Crippen LogP contribution >= 0.6 is 0 Å². The van der Waals surface area contributed by atoms with E-state index in [9.17, 15) is 9.59 Å². The minimum atomic E-state index is -0.351. The van der Waals surface area contributed by atoms with Crippen molar-refractivity contribution < 1.29 is 14.3 Å². The molecule has 1 saturated heterocycles. The van der Waals surface area contributed by atoms with Gasteiger partial charge in [0.05, 0.1) is 12.1 Å². The molecule has 4 rings (SSSR count). The fraction of sp³-hybridized carbons (Fsp3) is 0.318. The van der Waals surface area contributed by atoms with E-state index in [-0.39, 0.29) is 23.3 Å². The van der Waals surface area contributed by atoms with Gasteiger partial charge < -0.3 is 15.0 Å². The van der Waals surface area contributed by atoms with Gasteiger partial charge in [-0.3, -0.25) is 14.0 Å². The molecule has 1 fully saturated rings. The molecule has 1 aliphatic heterocycles. The van der Waals surface area contributed by atoms with E-state index in [1.54, 1.807) is 40.9 Å². The van der Waals surface area contributed by atoms with Crippen molar-refractivity contribution in [3.63, 3.8) is 0 Å². The molecule has 1 aromatic carbocycles. The number of carbonyl (C=O) groups excluding carboxylic acids is 2. The molecular formula is C22H24N4O3. The van der Waals surface area contributed by atoms with Crippen molar-refractivity contribution in [3.8, 4) is 5.75 Å². The summed E-state index contributed by atoms with van der Waals surface area (Å²) in [5.41, 5.74) is 1.48. The molecule has 0 atom stereocenters. The predicted octanol–water partition coefficient (Wildman–Crippen LogP) is 3.61. The third kappa shape index (κ3) is 3.94. The smallest absolute Gasteiger partial charge is 0.290 e. The Kier molecular flexibility index (Phi) is 5.46. The van der Waals surface area contributed by atoms with Crippen molar-refractivity contribution in [1.29, 1.82) is 0 Å². The van der Waals surface area contributed by atoms with E-state index in [1.165, 1.54) is 0 Å². The molecule has 29 heavy (non-hydrogen) atoms. The number of fused-ring (bicyclic) bond motifs is 1. The number of anilines is 1. The van der Waals surface area contributed by atoms with E-state index >= 15 is 0 Å². The average Bonchev–Trinajstić information content (AvgIpc) is 3.15. The second-order valence-corrected chi connectivity index (χ2v) is 7.00. The lowest BCUT2D eigenvalue weighted by molar-refractivity contribution is 0.0711. The monoisotopic (exact) mass is 392 g/mol. The van der Waals surface area contributed by atoms with Crippen LogP contribution in [-0.4, -0.2) is 45.8 Å². The van der Waals surface area contributed by atoms with Crippen molar-refractivity contribution in [2.24, 2.45) is 0 Å². The third-order valence-electron chi connectivity index (χ3n) is 5.02. The third-order valence-corrected chi connectivity index (χ3v) is 5.02. The number of ether oxygens (including phenoxy) is 1. The highest BCUT2D eigenvalue weighted by atomic mass is 16.5. The van der Waals surface area contributed by atoms with Crippen molar-refractivity contribution in [2.75, 3.05) is 25.0 Å². The van der Waals surface area contributed by atoms with E-state index in [0.29, 0.717) is 17.8 Å². The number of nitrogens with one attached hydrogen (secondary N) is 1. The molecule has 1 N–H and O–H groups in total. The number of imidazole rings is 1. The number of benzene rings is 1. The second-order valence-electron chi connectivity index (χ2n) is 7.00. The fourth-order valence-electron chi connectivity index (χ4n) is 3.59. The first kappa shape index (κ1) is 19.0. The van der Waals surface area contributed by atoms with Crippen LogP contribution in [0.4, 0.5) is 5.69 Å². The number of nitrogens with zero attached hydrogens (tertiary/aromatic N) is 3. The highest BCUT2D eigenvalue weighted by molar-refractivity contribution is 6.09. The van der Waals surface area contributed by atoms with E-state index in [0.717, 1.165) is 38.1 Å². The fourth-order valence-corrected chi connectivity index (χ4v) is 3.59. The first-order chi connectivity index (χ1) is 14.2. The Morgan fingerprint density at radius 1 is 1.07 bits per heavy atom. The molecule has 150 valence electrons. The van der Waals surface area contributed by atoms with Crippen LogP contribution in [0.3, 0.4) is 0 Å². The number of hydrogen-bond acceptors (Lipinski definition) is 4. The molecule has 0 bridgehead atoms. The lowest BCUT2D eigenvalue weighted by Gasteiger charge is -2.25.